The van der Waals surface area contributed by atoms with Crippen molar-refractivity contribution < 1.29 is 4.39 Å². The maximum Gasteiger partial charge on any atom is 0.124 e. The summed E-state index contributed by atoms with van der Waals surface area (Å²) < 4.78 is 14.9. The van der Waals surface area contributed by atoms with Gasteiger partial charge in [0.25, 0.3) is 0 Å². The molecule has 1 atom stereocenters. The lowest BCUT2D eigenvalue weighted by Gasteiger charge is -2.16. The number of nitrogens with one attached hydrogen (secondary N) is 1. The molecule has 0 fully saturated rings. The summed E-state index contributed by atoms with van der Waals surface area (Å²) in [5.41, 5.74) is 2.86. The Balaban J connectivity index is 1.95. The molecule has 2 heterocycles. The van der Waals surface area contributed by atoms with Crippen LogP contribution in [0.15, 0.2) is 43.0 Å². The van der Waals surface area contributed by atoms with Crippen molar-refractivity contribution in [1.82, 2.24) is 19.9 Å². The van der Waals surface area contributed by atoms with E-state index in [0.717, 1.165) is 16.6 Å². The van der Waals surface area contributed by atoms with Gasteiger partial charge in [-0.05, 0) is 31.2 Å². The second-order valence-corrected chi connectivity index (χ2v) is 5.19. The Kier molecular flexibility index (Phi) is 3.86. The van der Waals surface area contributed by atoms with Gasteiger partial charge >= 0.3 is 0 Å². The Bertz CT molecular complexity index is 771. The number of rotatable bonds is 4. The van der Waals surface area contributed by atoms with Crippen molar-refractivity contribution in [1.29, 1.82) is 0 Å². The third-order valence-corrected chi connectivity index (χ3v) is 3.87. The Hall–Kier alpha value is -1.98. The molecule has 0 bridgehead atoms. The summed E-state index contributed by atoms with van der Waals surface area (Å²) in [6, 6.07) is 4.49. The van der Waals surface area contributed by atoms with Crippen LogP contribution in [-0.4, -0.2) is 21.6 Å². The Labute approximate surface area is 126 Å². The van der Waals surface area contributed by atoms with E-state index >= 15 is 0 Å². The van der Waals surface area contributed by atoms with Crippen LogP contribution in [0.5, 0.6) is 0 Å². The van der Waals surface area contributed by atoms with Gasteiger partial charge in [0, 0.05) is 29.0 Å². The van der Waals surface area contributed by atoms with E-state index in [2.05, 4.69) is 15.4 Å². The lowest BCUT2D eigenvalue weighted by molar-refractivity contribution is 0.592. The summed E-state index contributed by atoms with van der Waals surface area (Å²) in [4.78, 5) is 4.13. The highest BCUT2D eigenvalue weighted by Crippen LogP contribution is 2.26. The number of halogens is 2. The highest BCUT2D eigenvalue weighted by molar-refractivity contribution is 6.31. The van der Waals surface area contributed by atoms with E-state index in [1.165, 1.54) is 12.1 Å². The SMILES string of the molecule is CNC(Cc1ccc(F)cc1Cl)c1cnn2ccncc12. The predicted molar refractivity (Wildman–Crippen MR) is 79.9 cm³/mol. The van der Waals surface area contributed by atoms with E-state index in [1.807, 2.05) is 13.2 Å². The number of likely N-dealkylation sites (N-methyl/N-ethyl adjacent to an activating group) is 1. The first kappa shape index (κ1) is 14.0. The van der Waals surface area contributed by atoms with Crippen molar-refractivity contribution in [3.05, 3.63) is 65.0 Å². The largest absolute Gasteiger partial charge is 0.313 e. The fraction of sp³-hybridized carbons (Fsp3) is 0.200. The standard InChI is InChI=1S/C15H14ClFN4/c1-18-14(6-10-2-3-11(17)7-13(10)16)12-8-20-21-5-4-19-9-15(12)21/h2-5,7-9,14,18H,6H2,1H3. The van der Waals surface area contributed by atoms with Gasteiger partial charge in [-0.15, -0.1) is 0 Å². The monoisotopic (exact) mass is 304 g/mol. The van der Waals surface area contributed by atoms with Crippen molar-refractivity contribution in [2.24, 2.45) is 0 Å². The Morgan fingerprint density at radius 1 is 1.38 bits per heavy atom. The average Bonchev–Trinajstić information content (AvgIpc) is 2.91. The lowest BCUT2D eigenvalue weighted by atomic mass is 10.0. The van der Waals surface area contributed by atoms with Crippen LogP contribution in [-0.2, 0) is 6.42 Å². The molecule has 0 amide bonds. The molecule has 0 spiro atoms. The first-order valence-electron chi connectivity index (χ1n) is 6.57. The predicted octanol–water partition coefficient (Wildman–Crippen LogP) is 3.03. The van der Waals surface area contributed by atoms with Gasteiger partial charge in [0.05, 0.1) is 17.9 Å². The fourth-order valence-electron chi connectivity index (χ4n) is 2.40. The third kappa shape index (κ3) is 2.75. The van der Waals surface area contributed by atoms with Crippen LogP contribution < -0.4 is 5.32 Å². The maximum absolute atomic E-state index is 13.1. The molecule has 0 aliphatic heterocycles. The molecule has 3 aromatic rings. The number of aromatic nitrogens is 3. The zero-order valence-electron chi connectivity index (χ0n) is 11.4. The Morgan fingerprint density at radius 3 is 3.00 bits per heavy atom. The van der Waals surface area contributed by atoms with Gasteiger partial charge in [-0.2, -0.15) is 5.10 Å². The van der Waals surface area contributed by atoms with Crippen LogP contribution in [0.25, 0.3) is 5.52 Å². The molecule has 4 nitrogen and oxygen atoms in total. The number of hydrogen-bond acceptors (Lipinski definition) is 3. The molecule has 1 aromatic carbocycles. The van der Waals surface area contributed by atoms with Crippen molar-refractivity contribution in [2.45, 2.75) is 12.5 Å². The van der Waals surface area contributed by atoms with Crippen LogP contribution in [0.4, 0.5) is 4.39 Å². The van der Waals surface area contributed by atoms with Crippen LogP contribution in [0.2, 0.25) is 5.02 Å². The number of hydrogen-bond donors (Lipinski definition) is 1. The summed E-state index contributed by atoms with van der Waals surface area (Å²) in [5, 5.41) is 8.00. The molecule has 2 aromatic heterocycles. The molecule has 108 valence electrons. The smallest absolute Gasteiger partial charge is 0.124 e. The van der Waals surface area contributed by atoms with Crippen LogP contribution in [0.3, 0.4) is 0 Å². The van der Waals surface area contributed by atoms with E-state index in [9.17, 15) is 4.39 Å². The molecule has 1 unspecified atom stereocenters. The van der Waals surface area contributed by atoms with Crippen molar-refractivity contribution in [3.63, 3.8) is 0 Å². The summed E-state index contributed by atoms with van der Waals surface area (Å²) in [6.07, 6.45) is 7.73. The summed E-state index contributed by atoms with van der Waals surface area (Å²) in [6.45, 7) is 0. The molecule has 0 saturated carbocycles. The van der Waals surface area contributed by atoms with E-state index < -0.39 is 0 Å². The molecule has 6 heteroatoms. The van der Waals surface area contributed by atoms with Crippen LogP contribution in [0.1, 0.15) is 17.2 Å². The molecule has 0 aliphatic carbocycles. The van der Waals surface area contributed by atoms with Crippen molar-refractivity contribution in [2.75, 3.05) is 7.05 Å². The minimum Gasteiger partial charge on any atom is -0.313 e. The number of nitrogens with zero attached hydrogens (tertiary/aromatic N) is 3. The lowest BCUT2D eigenvalue weighted by Crippen LogP contribution is -2.19. The number of benzene rings is 1. The van der Waals surface area contributed by atoms with E-state index in [0.29, 0.717) is 11.4 Å². The molecule has 0 saturated heterocycles. The van der Waals surface area contributed by atoms with E-state index in [-0.39, 0.29) is 11.9 Å². The van der Waals surface area contributed by atoms with E-state index in [1.54, 1.807) is 29.2 Å². The quantitative estimate of drug-likeness (QED) is 0.805. The highest BCUT2D eigenvalue weighted by Gasteiger charge is 2.17. The van der Waals surface area contributed by atoms with Gasteiger partial charge in [-0.25, -0.2) is 8.91 Å². The number of fused-ring (bicyclic) bond motifs is 1. The van der Waals surface area contributed by atoms with Crippen LogP contribution in [0, 0.1) is 5.82 Å². The minimum atomic E-state index is -0.329. The molecule has 0 radical (unpaired) electrons. The minimum absolute atomic E-state index is 0.0228. The second kappa shape index (κ2) is 5.79. The maximum atomic E-state index is 13.1. The molecule has 3 rings (SSSR count). The van der Waals surface area contributed by atoms with Gasteiger partial charge in [0.1, 0.15) is 5.82 Å². The highest BCUT2D eigenvalue weighted by atomic mass is 35.5. The fourth-order valence-corrected chi connectivity index (χ4v) is 2.64. The molecule has 21 heavy (non-hydrogen) atoms. The molecular formula is C15H14ClFN4. The first-order chi connectivity index (χ1) is 10.2. The summed E-state index contributed by atoms with van der Waals surface area (Å²) >= 11 is 6.11. The van der Waals surface area contributed by atoms with Gasteiger partial charge < -0.3 is 5.32 Å². The summed E-state index contributed by atoms with van der Waals surface area (Å²) in [7, 11) is 1.88. The van der Waals surface area contributed by atoms with Gasteiger partial charge in [-0.3, -0.25) is 4.98 Å². The molecular weight excluding hydrogens is 291 g/mol. The first-order valence-corrected chi connectivity index (χ1v) is 6.95. The average molecular weight is 305 g/mol. The topological polar surface area (TPSA) is 42.2 Å². The van der Waals surface area contributed by atoms with Crippen LogP contribution >= 0.6 is 11.6 Å². The third-order valence-electron chi connectivity index (χ3n) is 3.52. The van der Waals surface area contributed by atoms with Gasteiger partial charge in [0.15, 0.2) is 0 Å². The van der Waals surface area contributed by atoms with E-state index in [4.69, 9.17) is 11.6 Å². The zero-order chi connectivity index (χ0) is 14.8. The Morgan fingerprint density at radius 2 is 2.24 bits per heavy atom. The van der Waals surface area contributed by atoms with Gasteiger partial charge in [-0.1, -0.05) is 17.7 Å². The van der Waals surface area contributed by atoms with Gasteiger partial charge in [0.2, 0.25) is 0 Å². The molecule has 0 aliphatic rings. The zero-order valence-corrected chi connectivity index (χ0v) is 12.2. The second-order valence-electron chi connectivity index (χ2n) is 4.79. The van der Waals surface area contributed by atoms with Crippen molar-refractivity contribution in [3.8, 4) is 0 Å². The summed E-state index contributed by atoms with van der Waals surface area (Å²) in [5.74, 6) is -0.329. The molecule has 1 N–H and O–H groups in total. The normalized spacial score (nSPS) is 12.7. The van der Waals surface area contributed by atoms with Crippen molar-refractivity contribution >= 4 is 17.1 Å².